The van der Waals surface area contributed by atoms with E-state index in [4.69, 9.17) is 10.5 Å². The molecule has 0 aliphatic rings. The smallest absolute Gasteiger partial charge is 0.262 e. The maximum absolute atomic E-state index is 11.7. The Balaban J connectivity index is 2.86. The Bertz CT molecular complexity index is 419. The highest BCUT2D eigenvalue weighted by atomic mass is 16.5. The molecule has 0 saturated carbocycles. The quantitative estimate of drug-likeness (QED) is 0.838. The number of hydrogen-bond donors (Lipinski definition) is 1. The van der Waals surface area contributed by atoms with Gasteiger partial charge in [0.2, 0.25) is 0 Å². The minimum absolute atomic E-state index is 0.0747. The molecular formula is C13H21N3O2. The Morgan fingerprint density at radius 1 is 1.50 bits per heavy atom. The molecular weight excluding hydrogens is 230 g/mol. The number of rotatable bonds is 5. The van der Waals surface area contributed by atoms with Gasteiger partial charge in [-0.15, -0.1) is 0 Å². The van der Waals surface area contributed by atoms with Gasteiger partial charge in [0, 0.05) is 26.2 Å². The first-order chi connectivity index (χ1) is 8.45. The molecule has 1 rings (SSSR count). The summed E-state index contributed by atoms with van der Waals surface area (Å²) in [5.74, 6) is 0.558. The average Bonchev–Trinajstić information content (AvgIpc) is 2.31. The number of carbonyl (C=O) groups excluding carboxylic acids is 1. The number of carbonyl (C=O) groups is 1. The monoisotopic (exact) mass is 251 g/mol. The van der Waals surface area contributed by atoms with Crippen LogP contribution >= 0.6 is 0 Å². The van der Waals surface area contributed by atoms with E-state index < -0.39 is 6.10 Å². The molecule has 2 N–H and O–H groups in total. The number of hydrogen-bond acceptors (Lipinski definition) is 4. The standard InChI is InChI=1S/C13H21N3O2/c1-9-5-6-12(11(15-9)7-8-14)18-10(2)13(17)16(3)4/h5-6,10H,7-8,14H2,1-4H3. The van der Waals surface area contributed by atoms with Crippen molar-refractivity contribution in [3.63, 3.8) is 0 Å². The number of nitrogens with two attached hydrogens (primary N) is 1. The highest BCUT2D eigenvalue weighted by Crippen LogP contribution is 2.19. The molecule has 0 aliphatic carbocycles. The fourth-order valence-corrected chi connectivity index (χ4v) is 1.63. The van der Waals surface area contributed by atoms with Crippen LogP contribution in [-0.4, -0.2) is 42.5 Å². The topological polar surface area (TPSA) is 68.5 Å². The lowest BCUT2D eigenvalue weighted by Gasteiger charge is -2.19. The zero-order chi connectivity index (χ0) is 13.7. The van der Waals surface area contributed by atoms with Crippen LogP contribution in [0.1, 0.15) is 18.3 Å². The Labute approximate surface area is 108 Å². The van der Waals surface area contributed by atoms with Crippen molar-refractivity contribution in [2.24, 2.45) is 5.73 Å². The Morgan fingerprint density at radius 2 is 2.17 bits per heavy atom. The Hall–Kier alpha value is -1.62. The second kappa shape index (κ2) is 6.35. The fourth-order valence-electron chi connectivity index (χ4n) is 1.63. The predicted octanol–water partition coefficient (Wildman–Crippen LogP) is 0.747. The number of pyridine rings is 1. The number of ether oxygens (including phenoxy) is 1. The van der Waals surface area contributed by atoms with Crippen LogP contribution in [0, 0.1) is 6.92 Å². The van der Waals surface area contributed by atoms with Gasteiger partial charge in [0.15, 0.2) is 6.10 Å². The summed E-state index contributed by atoms with van der Waals surface area (Å²) in [5.41, 5.74) is 7.26. The van der Waals surface area contributed by atoms with Gasteiger partial charge in [-0.3, -0.25) is 9.78 Å². The average molecular weight is 251 g/mol. The van der Waals surface area contributed by atoms with Crippen LogP contribution in [0.25, 0.3) is 0 Å². The largest absolute Gasteiger partial charge is 0.479 e. The SMILES string of the molecule is Cc1ccc(OC(C)C(=O)N(C)C)c(CCN)n1. The maximum Gasteiger partial charge on any atom is 0.262 e. The minimum atomic E-state index is -0.527. The van der Waals surface area contributed by atoms with Gasteiger partial charge in [-0.05, 0) is 32.5 Å². The first-order valence-electron chi connectivity index (χ1n) is 6.00. The van der Waals surface area contributed by atoms with Crippen LogP contribution in [0.15, 0.2) is 12.1 Å². The van der Waals surface area contributed by atoms with E-state index in [1.807, 2.05) is 19.1 Å². The van der Waals surface area contributed by atoms with Gasteiger partial charge < -0.3 is 15.4 Å². The van der Waals surface area contributed by atoms with E-state index in [-0.39, 0.29) is 5.91 Å². The molecule has 100 valence electrons. The molecule has 0 spiro atoms. The van der Waals surface area contributed by atoms with Crippen LogP contribution in [0.5, 0.6) is 5.75 Å². The van der Waals surface area contributed by atoms with Crippen LogP contribution in [0.4, 0.5) is 0 Å². The van der Waals surface area contributed by atoms with Gasteiger partial charge in [-0.25, -0.2) is 0 Å². The molecule has 1 heterocycles. The van der Waals surface area contributed by atoms with Gasteiger partial charge >= 0.3 is 0 Å². The second-order valence-electron chi connectivity index (χ2n) is 4.43. The number of nitrogens with zero attached hydrogens (tertiary/aromatic N) is 2. The summed E-state index contributed by atoms with van der Waals surface area (Å²) in [6.45, 7) is 4.15. The number of aryl methyl sites for hydroxylation is 1. The van der Waals surface area contributed by atoms with E-state index in [9.17, 15) is 4.79 Å². The summed E-state index contributed by atoms with van der Waals surface area (Å²) < 4.78 is 5.67. The van der Waals surface area contributed by atoms with Crippen molar-refractivity contribution in [2.75, 3.05) is 20.6 Å². The van der Waals surface area contributed by atoms with Gasteiger partial charge in [0.1, 0.15) is 5.75 Å². The molecule has 18 heavy (non-hydrogen) atoms. The van der Waals surface area contributed by atoms with Crippen molar-refractivity contribution in [3.8, 4) is 5.75 Å². The molecule has 0 aliphatic heterocycles. The molecule has 0 aromatic carbocycles. The van der Waals surface area contributed by atoms with Crippen molar-refractivity contribution in [1.29, 1.82) is 0 Å². The third kappa shape index (κ3) is 3.70. The first-order valence-corrected chi connectivity index (χ1v) is 6.00. The van der Waals surface area contributed by atoms with E-state index in [1.54, 1.807) is 21.0 Å². The summed E-state index contributed by atoms with van der Waals surface area (Å²) in [5, 5.41) is 0. The second-order valence-corrected chi connectivity index (χ2v) is 4.43. The van der Waals surface area contributed by atoms with Crippen LogP contribution in [-0.2, 0) is 11.2 Å². The lowest BCUT2D eigenvalue weighted by Crippen LogP contribution is -2.35. The third-order valence-corrected chi connectivity index (χ3v) is 2.55. The van der Waals surface area contributed by atoms with Gasteiger partial charge in [0.25, 0.3) is 5.91 Å². The molecule has 5 nitrogen and oxygen atoms in total. The zero-order valence-electron chi connectivity index (χ0n) is 11.4. The van der Waals surface area contributed by atoms with Gasteiger partial charge in [-0.1, -0.05) is 0 Å². The molecule has 0 radical (unpaired) electrons. The summed E-state index contributed by atoms with van der Waals surface area (Å²) in [7, 11) is 3.41. The predicted molar refractivity (Wildman–Crippen MR) is 70.5 cm³/mol. The Morgan fingerprint density at radius 3 is 2.72 bits per heavy atom. The van der Waals surface area contributed by atoms with E-state index in [0.29, 0.717) is 18.7 Å². The number of likely N-dealkylation sites (N-methyl/N-ethyl adjacent to an activating group) is 1. The molecule has 0 bridgehead atoms. The molecule has 1 aromatic heterocycles. The summed E-state index contributed by atoms with van der Waals surface area (Å²) in [4.78, 5) is 17.6. The molecule has 1 atom stereocenters. The van der Waals surface area contributed by atoms with Crippen molar-refractivity contribution < 1.29 is 9.53 Å². The van der Waals surface area contributed by atoms with Crippen molar-refractivity contribution in [2.45, 2.75) is 26.4 Å². The lowest BCUT2D eigenvalue weighted by molar-refractivity contribution is -0.135. The van der Waals surface area contributed by atoms with E-state index in [1.165, 1.54) is 4.90 Å². The molecule has 5 heteroatoms. The van der Waals surface area contributed by atoms with Crippen molar-refractivity contribution in [3.05, 3.63) is 23.5 Å². The molecule has 1 unspecified atom stereocenters. The van der Waals surface area contributed by atoms with Crippen LogP contribution in [0.2, 0.25) is 0 Å². The lowest BCUT2D eigenvalue weighted by atomic mass is 10.2. The van der Waals surface area contributed by atoms with E-state index >= 15 is 0 Å². The molecule has 1 amide bonds. The van der Waals surface area contributed by atoms with Crippen molar-refractivity contribution in [1.82, 2.24) is 9.88 Å². The van der Waals surface area contributed by atoms with Crippen molar-refractivity contribution >= 4 is 5.91 Å². The van der Waals surface area contributed by atoms with Gasteiger partial charge in [-0.2, -0.15) is 0 Å². The zero-order valence-corrected chi connectivity index (χ0v) is 11.4. The van der Waals surface area contributed by atoms with Crippen LogP contribution in [0.3, 0.4) is 0 Å². The number of amides is 1. The first kappa shape index (κ1) is 14.4. The molecule has 0 saturated heterocycles. The third-order valence-electron chi connectivity index (χ3n) is 2.55. The molecule has 1 aromatic rings. The Kier molecular flexibility index (Phi) is 5.09. The highest BCUT2D eigenvalue weighted by Gasteiger charge is 2.18. The summed E-state index contributed by atoms with van der Waals surface area (Å²) in [6, 6.07) is 3.70. The maximum atomic E-state index is 11.7. The fraction of sp³-hybridized carbons (Fsp3) is 0.538. The number of aromatic nitrogens is 1. The highest BCUT2D eigenvalue weighted by molar-refractivity contribution is 5.80. The van der Waals surface area contributed by atoms with Gasteiger partial charge in [0.05, 0.1) is 5.69 Å². The summed E-state index contributed by atoms with van der Waals surface area (Å²) in [6.07, 6.45) is 0.112. The summed E-state index contributed by atoms with van der Waals surface area (Å²) >= 11 is 0. The van der Waals surface area contributed by atoms with E-state index in [0.717, 1.165) is 11.4 Å². The minimum Gasteiger partial charge on any atom is -0.479 e. The van der Waals surface area contributed by atoms with Crippen LogP contribution < -0.4 is 10.5 Å². The normalized spacial score (nSPS) is 12.1. The van der Waals surface area contributed by atoms with E-state index in [2.05, 4.69) is 4.98 Å². The molecule has 0 fully saturated rings.